The van der Waals surface area contributed by atoms with Crippen LogP contribution in [0.15, 0.2) is 71.9 Å². The Morgan fingerprint density at radius 2 is 1.67 bits per heavy atom. The van der Waals surface area contributed by atoms with Crippen molar-refractivity contribution in [3.63, 3.8) is 0 Å². The lowest BCUT2D eigenvalue weighted by molar-refractivity contribution is -0.136. The summed E-state index contributed by atoms with van der Waals surface area (Å²) in [6.45, 7) is 4.57. The average molecular weight is 577 g/mol. The van der Waals surface area contributed by atoms with E-state index in [1.165, 1.54) is 45.6 Å². The number of pyridine rings is 1. The highest BCUT2D eigenvalue weighted by Crippen LogP contribution is 2.39. The molecule has 2 aromatic heterocycles. The van der Waals surface area contributed by atoms with E-state index in [0.29, 0.717) is 31.5 Å². The lowest BCUT2D eigenvalue weighted by Crippen LogP contribution is -2.33. The number of benzene rings is 2. The number of alkyl halides is 3. The molecule has 0 saturated heterocycles. The Labute approximate surface area is 229 Å². The first kappa shape index (κ1) is 28.7. The predicted molar refractivity (Wildman–Crippen MR) is 145 cm³/mol. The molecule has 0 aliphatic heterocycles. The van der Waals surface area contributed by atoms with Crippen molar-refractivity contribution in [3.8, 4) is 0 Å². The lowest BCUT2D eigenvalue weighted by atomic mass is 10.2. The molecule has 0 bridgehead atoms. The third kappa shape index (κ3) is 6.29. The average Bonchev–Trinajstić information content (AvgIpc) is 3.35. The number of amides is 1. The SMILES string of the molecule is CCCN(CCC)S(=O)(=O)c1ccc(C(=O)N(Cc2cccnc2)c2nc3c(C(F)(F)F)cccc3s2)cc1. The largest absolute Gasteiger partial charge is 0.418 e. The van der Waals surface area contributed by atoms with E-state index in [2.05, 4.69) is 9.97 Å². The highest BCUT2D eigenvalue weighted by molar-refractivity contribution is 7.89. The van der Waals surface area contributed by atoms with Gasteiger partial charge in [-0.1, -0.05) is 37.3 Å². The number of fused-ring (bicyclic) bond motifs is 1. The highest BCUT2D eigenvalue weighted by atomic mass is 32.2. The number of anilines is 1. The second-order valence-electron chi connectivity index (χ2n) is 8.83. The molecule has 4 rings (SSSR count). The van der Waals surface area contributed by atoms with Crippen LogP contribution in [0, 0.1) is 0 Å². The standard InChI is InChI=1S/C27H27F3N4O3S2/c1-3-15-33(16-4-2)39(36,37)21-12-10-20(11-13-21)25(35)34(18-19-7-6-14-31-17-19)26-32-24-22(27(28,29)30)8-5-9-23(24)38-26/h5-14,17H,3-4,15-16,18H2,1-2H3. The van der Waals surface area contributed by atoms with Crippen LogP contribution in [0.1, 0.15) is 48.2 Å². The number of hydrogen-bond acceptors (Lipinski definition) is 6. The number of halogens is 3. The van der Waals surface area contributed by atoms with E-state index in [4.69, 9.17) is 0 Å². The van der Waals surface area contributed by atoms with Crippen molar-refractivity contribution < 1.29 is 26.4 Å². The Morgan fingerprint density at radius 3 is 2.26 bits per heavy atom. The molecule has 1 amide bonds. The summed E-state index contributed by atoms with van der Waals surface area (Å²) >= 11 is 0.971. The minimum absolute atomic E-state index is 0.00861. The van der Waals surface area contributed by atoms with Gasteiger partial charge < -0.3 is 0 Å². The third-order valence-electron chi connectivity index (χ3n) is 5.94. The molecule has 0 fully saturated rings. The van der Waals surface area contributed by atoms with Crippen molar-refractivity contribution >= 4 is 42.6 Å². The molecule has 0 aliphatic rings. The van der Waals surface area contributed by atoms with Gasteiger partial charge in [-0.15, -0.1) is 0 Å². The van der Waals surface area contributed by atoms with E-state index >= 15 is 0 Å². The van der Waals surface area contributed by atoms with Crippen LogP contribution in [0.25, 0.3) is 10.2 Å². The number of hydrogen-bond donors (Lipinski definition) is 0. The summed E-state index contributed by atoms with van der Waals surface area (Å²) in [5.74, 6) is -0.533. The van der Waals surface area contributed by atoms with Crippen LogP contribution in [-0.4, -0.2) is 41.7 Å². The predicted octanol–water partition coefficient (Wildman–Crippen LogP) is 6.37. The fourth-order valence-electron chi connectivity index (χ4n) is 4.11. The number of para-hydroxylation sites is 1. The monoisotopic (exact) mass is 576 g/mol. The summed E-state index contributed by atoms with van der Waals surface area (Å²) in [6.07, 6.45) is -0.147. The number of thiazole rings is 1. The first-order valence-corrected chi connectivity index (χ1v) is 14.6. The fraction of sp³-hybridized carbons (Fsp3) is 0.296. The lowest BCUT2D eigenvalue weighted by Gasteiger charge is -2.22. The maximum Gasteiger partial charge on any atom is 0.418 e. The summed E-state index contributed by atoms with van der Waals surface area (Å²) in [7, 11) is -3.74. The first-order chi connectivity index (χ1) is 18.6. The Kier molecular flexibility index (Phi) is 8.67. The zero-order valence-electron chi connectivity index (χ0n) is 21.4. The van der Waals surface area contributed by atoms with Gasteiger partial charge in [0.25, 0.3) is 5.91 Å². The molecule has 206 valence electrons. The number of carbonyl (C=O) groups is 1. The van der Waals surface area contributed by atoms with Gasteiger partial charge in [-0.3, -0.25) is 14.7 Å². The van der Waals surface area contributed by atoms with E-state index in [9.17, 15) is 26.4 Å². The van der Waals surface area contributed by atoms with Crippen molar-refractivity contribution in [2.75, 3.05) is 18.0 Å². The Balaban J connectivity index is 1.72. The Morgan fingerprint density at radius 1 is 0.974 bits per heavy atom. The fourth-order valence-corrected chi connectivity index (χ4v) is 6.72. The molecular formula is C27H27F3N4O3S2. The summed E-state index contributed by atoms with van der Waals surface area (Å²) in [5.41, 5.74) is -0.294. The summed E-state index contributed by atoms with van der Waals surface area (Å²) in [6, 6.07) is 12.8. The van der Waals surface area contributed by atoms with Crippen LogP contribution in [0.3, 0.4) is 0 Å². The van der Waals surface area contributed by atoms with Gasteiger partial charge in [0.2, 0.25) is 10.0 Å². The molecule has 0 spiro atoms. The molecule has 7 nitrogen and oxygen atoms in total. The number of rotatable bonds is 10. The van der Waals surface area contributed by atoms with Gasteiger partial charge in [-0.2, -0.15) is 17.5 Å². The molecule has 0 saturated carbocycles. The van der Waals surface area contributed by atoms with E-state index < -0.39 is 27.7 Å². The zero-order valence-corrected chi connectivity index (χ0v) is 23.0. The smallest absolute Gasteiger partial charge is 0.279 e. The van der Waals surface area contributed by atoms with Gasteiger partial charge >= 0.3 is 6.18 Å². The Bertz CT molecular complexity index is 1530. The van der Waals surface area contributed by atoms with Gasteiger partial charge in [-0.25, -0.2) is 13.4 Å². The molecule has 39 heavy (non-hydrogen) atoms. The molecule has 2 heterocycles. The van der Waals surface area contributed by atoms with Crippen molar-refractivity contribution in [1.29, 1.82) is 0 Å². The minimum atomic E-state index is -4.60. The van der Waals surface area contributed by atoms with E-state index in [-0.39, 0.29) is 32.4 Å². The van der Waals surface area contributed by atoms with Gasteiger partial charge in [0, 0.05) is 31.0 Å². The van der Waals surface area contributed by atoms with Crippen molar-refractivity contribution in [2.45, 2.75) is 44.3 Å². The second-order valence-corrected chi connectivity index (χ2v) is 11.8. The molecule has 0 atom stereocenters. The number of sulfonamides is 1. The maximum absolute atomic E-state index is 13.7. The molecule has 0 N–H and O–H groups in total. The molecule has 0 unspecified atom stereocenters. The summed E-state index contributed by atoms with van der Waals surface area (Å²) < 4.78 is 68.8. The normalized spacial score (nSPS) is 12.3. The van der Waals surface area contributed by atoms with Crippen LogP contribution in [0.2, 0.25) is 0 Å². The minimum Gasteiger partial charge on any atom is -0.279 e. The topological polar surface area (TPSA) is 83.5 Å². The van der Waals surface area contributed by atoms with E-state index in [1.54, 1.807) is 24.5 Å². The van der Waals surface area contributed by atoms with E-state index in [1.807, 2.05) is 13.8 Å². The molecule has 2 aromatic carbocycles. The number of nitrogens with zero attached hydrogens (tertiary/aromatic N) is 4. The van der Waals surface area contributed by atoms with Crippen molar-refractivity contribution in [3.05, 3.63) is 83.7 Å². The Hall–Kier alpha value is -3.35. The van der Waals surface area contributed by atoms with Crippen LogP contribution in [0.4, 0.5) is 18.3 Å². The molecule has 0 aliphatic carbocycles. The quantitative estimate of drug-likeness (QED) is 0.219. The van der Waals surface area contributed by atoms with Gasteiger partial charge in [0.1, 0.15) is 0 Å². The van der Waals surface area contributed by atoms with Crippen molar-refractivity contribution in [1.82, 2.24) is 14.3 Å². The van der Waals surface area contributed by atoms with E-state index in [0.717, 1.165) is 17.4 Å². The molecular weight excluding hydrogens is 549 g/mol. The first-order valence-electron chi connectivity index (χ1n) is 12.3. The summed E-state index contributed by atoms with van der Waals surface area (Å²) in [5, 5.41) is 0.0873. The molecule has 12 heteroatoms. The van der Waals surface area contributed by atoms with Gasteiger partial charge in [0.15, 0.2) is 5.13 Å². The van der Waals surface area contributed by atoms with Crippen LogP contribution in [0.5, 0.6) is 0 Å². The maximum atomic E-state index is 13.7. The summed E-state index contributed by atoms with van der Waals surface area (Å²) in [4.78, 5) is 23.3. The molecule has 4 aromatic rings. The van der Waals surface area contributed by atoms with Crippen molar-refractivity contribution in [2.24, 2.45) is 0 Å². The van der Waals surface area contributed by atoms with Gasteiger partial charge in [0.05, 0.1) is 27.2 Å². The van der Waals surface area contributed by atoms with Crippen LogP contribution < -0.4 is 4.90 Å². The third-order valence-corrected chi connectivity index (χ3v) is 8.89. The highest BCUT2D eigenvalue weighted by Gasteiger charge is 2.34. The van der Waals surface area contributed by atoms with Gasteiger partial charge in [-0.05, 0) is 60.9 Å². The zero-order chi connectivity index (χ0) is 28.2. The van der Waals surface area contributed by atoms with Crippen LogP contribution >= 0.6 is 11.3 Å². The number of carbonyl (C=O) groups excluding carboxylic acids is 1. The second kappa shape index (κ2) is 11.8. The van der Waals surface area contributed by atoms with Crippen LogP contribution in [-0.2, 0) is 22.7 Å². The number of aromatic nitrogens is 2. The molecule has 0 radical (unpaired) electrons.